The summed E-state index contributed by atoms with van der Waals surface area (Å²) in [5.41, 5.74) is 0.912. The van der Waals surface area contributed by atoms with E-state index < -0.39 is 6.09 Å². The van der Waals surface area contributed by atoms with Crippen LogP contribution in [0.15, 0.2) is 24.3 Å². The van der Waals surface area contributed by atoms with Crippen LogP contribution in [0.5, 0.6) is 0 Å². The molecule has 83 valence electrons. The van der Waals surface area contributed by atoms with Crippen molar-refractivity contribution in [1.29, 1.82) is 0 Å². The number of rotatable bonds is 3. The van der Waals surface area contributed by atoms with Gasteiger partial charge in [0.15, 0.2) is 0 Å². The Labute approximate surface area is 102 Å². The minimum Gasteiger partial charge on any atom is -0.317 e. The first-order valence-corrected chi connectivity index (χ1v) is 5.98. The number of thiol groups is 1. The molecule has 1 aromatic heterocycles. The van der Waals surface area contributed by atoms with Gasteiger partial charge in [-0.05, 0) is 12.1 Å². The van der Waals surface area contributed by atoms with Crippen molar-refractivity contribution in [2.45, 2.75) is 5.25 Å². The fourth-order valence-electron chi connectivity index (χ4n) is 1.30. The molecule has 4 nitrogen and oxygen atoms in total. The first-order valence-electron chi connectivity index (χ1n) is 4.65. The zero-order chi connectivity index (χ0) is 11.5. The van der Waals surface area contributed by atoms with Crippen LogP contribution in [0.3, 0.4) is 0 Å². The van der Waals surface area contributed by atoms with Crippen LogP contribution in [0.4, 0.5) is 4.79 Å². The minimum absolute atomic E-state index is 0.200. The molecule has 0 saturated carbocycles. The molecule has 16 heavy (non-hydrogen) atoms. The Morgan fingerprint density at radius 1 is 1.50 bits per heavy atom. The van der Waals surface area contributed by atoms with Crippen molar-refractivity contribution < 1.29 is 9.90 Å². The first-order chi connectivity index (χ1) is 7.66. The maximum Gasteiger partial charge on any atom is 0.450 e. The van der Waals surface area contributed by atoms with Crippen molar-refractivity contribution >= 4 is 40.3 Å². The molecular formula is C10H9N2O2S2. The van der Waals surface area contributed by atoms with Gasteiger partial charge in [0, 0.05) is 6.54 Å². The molecule has 1 unspecified atom stereocenters. The molecule has 2 aromatic rings. The van der Waals surface area contributed by atoms with E-state index in [-0.39, 0.29) is 11.8 Å². The van der Waals surface area contributed by atoms with Gasteiger partial charge >= 0.3 is 6.09 Å². The molecule has 6 heteroatoms. The van der Waals surface area contributed by atoms with Gasteiger partial charge in [0.25, 0.3) is 0 Å². The van der Waals surface area contributed by atoms with E-state index in [1.54, 1.807) is 0 Å². The number of nitrogens with one attached hydrogen (secondary N) is 1. The molecule has 0 aliphatic heterocycles. The number of fused-ring (bicyclic) bond motifs is 1. The predicted octanol–water partition coefficient (Wildman–Crippen LogP) is 2.41. The van der Waals surface area contributed by atoms with Gasteiger partial charge in [-0.2, -0.15) is 12.6 Å². The van der Waals surface area contributed by atoms with E-state index >= 15 is 0 Å². The van der Waals surface area contributed by atoms with Crippen molar-refractivity contribution in [1.82, 2.24) is 10.3 Å². The van der Waals surface area contributed by atoms with Crippen LogP contribution in [-0.4, -0.2) is 17.6 Å². The van der Waals surface area contributed by atoms with E-state index in [4.69, 9.17) is 0 Å². The Hall–Kier alpha value is -1.27. The Kier molecular flexibility index (Phi) is 3.31. The van der Waals surface area contributed by atoms with Crippen LogP contribution >= 0.6 is 24.0 Å². The number of hydrogen-bond acceptors (Lipinski definition) is 4. The normalized spacial score (nSPS) is 12.6. The quantitative estimate of drug-likeness (QED) is 0.825. The number of hydrogen-bond donors (Lipinski definition) is 2. The van der Waals surface area contributed by atoms with Gasteiger partial charge < -0.3 is 5.32 Å². The number of carbonyl (C=O) groups excluding carboxylic acids is 1. The number of para-hydroxylation sites is 1. The third-order valence-corrected chi connectivity index (χ3v) is 3.79. The summed E-state index contributed by atoms with van der Waals surface area (Å²) in [4.78, 5) is 14.6. The summed E-state index contributed by atoms with van der Waals surface area (Å²) in [6, 6.07) is 7.75. The Bertz CT molecular complexity index is 479. The number of carbonyl (C=O) groups is 1. The second-order valence-electron chi connectivity index (χ2n) is 3.20. The van der Waals surface area contributed by atoms with Crippen LogP contribution in [0, 0.1) is 0 Å². The van der Waals surface area contributed by atoms with E-state index in [2.05, 4.69) is 22.9 Å². The maximum absolute atomic E-state index is 10.2. The molecule has 0 aliphatic carbocycles. The molecule has 0 saturated heterocycles. The molecule has 1 radical (unpaired) electrons. The lowest BCUT2D eigenvalue weighted by atomic mass is 10.3. The molecule has 2 rings (SSSR count). The molecule has 0 aliphatic rings. The molecule has 0 fully saturated rings. The van der Waals surface area contributed by atoms with Gasteiger partial charge in [-0.25, -0.2) is 14.9 Å². The fourth-order valence-corrected chi connectivity index (χ4v) is 2.56. The Balaban J connectivity index is 2.16. The second-order valence-corrected chi connectivity index (χ2v) is 4.89. The average molecular weight is 253 g/mol. The molecule has 1 N–H and O–H groups in total. The van der Waals surface area contributed by atoms with E-state index in [1.165, 1.54) is 11.3 Å². The zero-order valence-corrected chi connectivity index (χ0v) is 9.92. The lowest BCUT2D eigenvalue weighted by Crippen LogP contribution is -2.23. The summed E-state index contributed by atoms with van der Waals surface area (Å²) in [6.07, 6.45) is -1.29. The van der Waals surface area contributed by atoms with E-state index in [0.29, 0.717) is 0 Å². The van der Waals surface area contributed by atoms with Crippen LogP contribution in [0.2, 0.25) is 0 Å². The van der Waals surface area contributed by atoms with Gasteiger partial charge in [-0.3, -0.25) is 0 Å². The summed E-state index contributed by atoms with van der Waals surface area (Å²) >= 11 is 5.82. The SMILES string of the molecule is [O]C(=O)NCC(S)c1nc2ccccc2s1. The monoisotopic (exact) mass is 253 g/mol. The average Bonchev–Trinajstić information content (AvgIpc) is 2.69. The zero-order valence-electron chi connectivity index (χ0n) is 8.21. The summed E-state index contributed by atoms with van der Waals surface area (Å²) in [5.74, 6) is 0. The lowest BCUT2D eigenvalue weighted by molar-refractivity contribution is 0.169. The standard InChI is InChI=1S/C10H9N2O2S2/c13-10(14)11-5-7(15)9-12-6-3-1-2-4-8(6)16-9/h1-4,7,11,15H,5H2. The van der Waals surface area contributed by atoms with Crippen LogP contribution in [0.1, 0.15) is 10.3 Å². The first kappa shape index (κ1) is 11.2. The highest BCUT2D eigenvalue weighted by atomic mass is 32.1. The van der Waals surface area contributed by atoms with Crippen molar-refractivity contribution in [3.05, 3.63) is 29.3 Å². The van der Waals surface area contributed by atoms with Crippen LogP contribution < -0.4 is 5.32 Å². The highest BCUT2D eigenvalue weighted by Gasteiger charge is 2.13. The summed E-state index contributed by atoms with van der Waals surface area (Å²) in [5, 5.41) is 13.0. The fraction of sp³-hybridized carbons (Fsp3) is 0.200. The molecule has 0 bridgehead atoms. The topological polar surface area (TPSA) is 61.9 Å². The van der Waals surface area contributed by atoms with E-state index in [9.17, 15) is 9.90 Å². The van der Waals surface area contributed by atoms with Crippen LogP contribution in [-0.2, 0) is 5.11 Å². The second kappa shape index (κ2) is 4.71. The van der Waals surface area contributed by atoms with Crippen molar-refractivity contribution in [3.8, 4) is 0 Å². The lowest BCUT2D eigenvalue weighted by Gasteiger charge is -2.05. The molecule has 1 atom stereocenters. The smallest absolute Gasteiger partial charge is 0.317 e. The predicted molar refractivity (Wildman–Crippen MR) is 65.4 cm³/mol. The summed E-state index contributed by atoms with van der Waals surface area (Å²) in [6.45, 7) is 0.200. The number of aromatic nitrogens is 1. The molecule has 1 heterocycles. The van der Waals surface area contributed by atoms with Crippen LogP contribution in [0.25, 0.3) is 10.2 Å². The maximum atomic E-state index is 10.2. The number of thiazole rings is 1. The minimum atomic E-state index is -1.29. The Morgan fingerprint density at radius 3 is 2.94 bits per heavy atom. The van der Waals surface area contributed by atoms with Crippen molar-refractivity contribution in [2.24, 2.45) is 0 Å². The third-order valence-electron chi connectivity index (χ3n) is 2.04. The van der Waals surface area contributed by atoms with Gasteiger partial charge in [-0.15, -0.1) is 11.3 Å². The molecule has 1 amide bonds. The van der Waals surface area contributed by atoms with E-state index in [0.717, 1.165) is 15.2 Å². The number of benzene rings is 1. The van der Waals surface area contributed by atoms with Gasteiger partial charge in [0.05, 0.1) is 15.5 Å². The third kappa shape index (κ3) is 2.45. The van der Waals surface area contributed by atoms with E-state index in [1.807, 2.05) is 24.3 Å². The van der Waals surface area contributed by atoms with Gasteiger partial charge in [0.1, 0.15) is 5.01 Å². The number of amides is 1. The number of nitrogens with zero attached hydrogens (tertiary/aromatic N) is 1. The van der Waals surface area contributed by atoms with Crippen molar-refractivity contribution in [3.63, 3.8) is 0 Å². The molecule has 0 spiro atoms. The Morgan fingerprint density at radius 2 is 2.25 bits per heavy atom. The molecular weight excluding hydrogens is 244 g/mol. The van der Waals surface area contributed by atoms with Gasteiger partial charge in [-0.1, -0.05) is 12.1 Å². The highest BCUT2D eigenvalue weighted by molar-refractivity contribution is 7.80. The van der Waals surface area contributed by atoms with Crippen molar-refractivity contribution in [2.75, 3.05) is 6.54 Å². The summed E-state index contributed by atoms with van der Waals surface area (Å²) < 4.78 is 1.07. The van der Waals surface area contributed by atoms with Gasteiger partial charge in [0.2, 0.25) is 0 Å². The summed E-state index contributed by atoms with van der Waals surface area (Å²) in [7, 11) is 0. The highest BCUT2D eigenvalue weighted by Crippen LogP contribution is 2.28. The largest absolute Gasteiger partial charge is 0.450 e. The molecule has 1 aromatic carbocycles.